The Kier molecular flexibility index (Phi) is 7.58. The van der Waals surface area contributed by atoms with Crippen molar-refractivity contribution < 1.29 is 19.1 Å². The molecule has 2 atom stereocenters. The van der Waals surface area contributed by atoms with Gasteiger partial charge in [-0.2, -0.15) is 0 Å². The van der Waals surface area contributed by atoms with Gasteiger partial charge in [0.25, 0.3) is 0 Å². The summed E-state index contributed by atoms with van der Waals surface area (Å²) >= 11 is 0. The molecule has 4 fully saturated rings. The molecule has 6 rings (SSSR count). The maximum Gasteiger partial charge on any atom is 0.331 e. The van der Waals surface area contributed by atoms with Crippen LogP contribution in [-0.2, 0) is 15.1 Å². The minimum Gasteiger partial charge on any atom is -0.858 e. The predicted octanol–water partition coefficient (Wildman–Crippen LogP) is 3.12. The van der Waals surface area contributed by atoms with Crippen molar-refractivity contribution >= 4 is 17.7 Å². The van der Waals surface area contributed by atoms with E-state index in [4.69, 9.17) is 4.74 Å². The molecule has 4 aliphatic heterocycles. The number of aryl methyl sites for hydroxylation is 1. The number of carbonyl (C=O) groups excluding carboxylic acids is 1. The van der Waals surface area contributed by atoms with Crippen molar-refractivity contribution in [3.05, 3.63) is 54.0 Å². The number of rotatable bonds is 7. The first-order valence-corrected chi connectivity index (χ1v) is 13.8. The van der Waals surface area contributed by atoms with Crippen LogP contribution < -0.4 is 5.11 Å². The quantitative estimate of drug-likeness (QED) is 0.249. The first-order valence-electron chi connectivity index (χ1n) is 13.8. The minimum absolute atomic E-state index is 0.163. The summed E-state index contributed by atoms with van der Waals surface area (Å²) in [4.78, 5) is 29.0. The SMILES string of the molecule is Cc1cnc(N=C([O-])C[N+]23CCC(CC2)[C@H](OC(=O)C(C)(c2ccccc2)N2CCCCCC2)C3)cn1. The van der Waals surface area contributed by atoms with Crippen LogP contribution in [0.2, 0.25) is 0 Å². The van der Waals surface area contributed by atoms with Crippen LogP contribution in [0.1, 0.15) is 56.7 Å². The zero-order chi connectivity index (χ0) is 25.9. The Morgan fingerprint density at radius 3 is 2.46 bits per heavy atom. The highest BCUT2D eigenvalue weighted by atomic mass is 16.5. The molecule has 1 unspecified atom stereocenters. The van der Waals surface area contributed by atoms with Gasteiger partial charge in [0.1, 0.15) is 18.6 Å². The highest BCUT2D eigenvalue weighted by Gasteiger charge is 2.50. The van der Waals surface area contributed by atoms with Crippen LogP contribution in [0, 0.1) is 12.8 Å². The number of piperidine rings is 3. The molecule has 37 heavy (non-hydrogen) atoms. The Balaban J connectivity index is 1.33. The molecule has 0 radical (unpaired) electrons. The number of hydrogen-bond donors (Lipinski definition) is 0. The van der Waals surface area contributed by atoms with E-state index in [1.807, 2.05) is 44.2 Å². The van der Waals surface area contributed by atoms with Crippen molar-refractivity contribution in [3.63, 3.8) is 0 Å². The largest absolute Gasteiger partial charge is 0.858 e. The Morgan fingerprint density at radius 2 is 1.81 bits per heavy atom. The van der Waals surface area contributed by atoms with Crippen LogP contribution >= 0.6 is 0 Å². The molecule has 4 saturated heterocycles. The summed E-state index contributed by atoms with van der Waals surface area (Å²) < 4.78 is 7.04. The van der Waals surface area contributed by atoms with Gasteiger partial charge >= 0.3 is 5.97 Å². The number of likely N-dealkylation sites (tertiary alicyclic amines) is 1. The van der Waals surface area contributed by atoms with Crippen molar-refractivity contribution in [1.29, 1.82) is 0 Å². The van der Waals surface area contributed by atoms with Crippen molar-refractivity contribution in [2.75, 3.05) is 39.3 Å². The summed E-state index contributed by atoms with van der Waals surface area (Å²) in [6, 6.07) is 10.1. The van der Waals surface area contributed by atoms with E-state index < -0.39 is 5.54 Å². The molecule has 0 aliphatic carbocycles. The van der Waals surface area contributed by atoms with E-state index in [2.05, 4.69) is 19.9 Å². The van der Waals surface area contributed by atoms with E-state index in [9.17, 15) is 9.90 Å². The first-order chi connectivity index (χ1) is 17.9. The Labute approximate surface area is 220 Å². The molecule has 8 heteroatoms. The number of carbonyl (C=O) groups is 1. The van der Waals surface area contributed by atoms with E-state index in [0.29, 0.717) is 29.3 Å². The smallest absolute Gasteiger partial charge is 0.331 e. The Bertz CT molecular complexity index is 1090. The summed E-state index contributed by atoms with van der Waals surface area (Å²) in [5.74, 6) is 0.341. The van der Waals surface area contributed by atoms with Gasteiger partial charge in [0.05, 0.1) is 31.2 Å². The lowest BCUT2D eigenvalue weighted by Crippen LogP contribution is -2.67. The monoisotopic (exact) mass is 505 g/mol. The molecule has 2 aromatic rings. The van der Waals surface area contributed by atoms with Crippen molar-refractivity contribution in [2.45, 2.75) is 64.0 Å². The molecule has 1 aromatic carbocycles. The molecule has 2 bridgehead atoms. The summed E-state index contributed by atoms with van der Waals surface area (Å²) in [7, 11) is 0. The number of aliphatic imine (C=N–C) groups is 1. The first kappa shape index (κ1) is 25.8. The number of ether oxygens (including phenoxy) is 1. The number of nitrogens with zero attached hydrogens (tertiary/aromatic N) is 5. The zero-order valence-corrected chi connectivity index (χ0v) is 22.1. The van der Waals surface area contributed by atoms with E-state index in [1.165, 1.54) is 19.0 Å². The average Bonchev–Trinajstić information content (AvgIpc) is 3.20. The summed E-state index contributed by atoms with van der Waals surface area (Å²) in [5.41, 5.74) is 0.955. The van der Waals surface area contributed by atoms with Crippen molar-refractivity contribution in [1.82, 2.24) is 14.9 Å². The fourth-order valence-electron chi connectivity index (χ4n) is 6.43. The lowest BCUT2D eigenvalue weighted by molar-refractivity contribution is -0.940. The van der Waals surface area contributed by atoms with Gasteiger partial charge in [-0.25, -0.2) is 14.8 Å². The third kappa shape index (κ3) is 5.55. The standard InChI is InChI=1S/C29H39N5O3/c1-22-18-31-26(19-30-22)32-27(35)21-34-16-12-23(13-17-34)25(20-34)37-28(36)29(2,24-10-6-5-7-11-24)33-14-8-3-4-9-15-33/h5-7,10-11,18-19,23,25H,3-4,8-9,12-17,20-21H2,1-2H3/t23?,25-,29?,34?/m1/s1. The van der Waals surface area contributed by atoms with Crippen LogP contribution in [0.3, 0.4) is 0 Å². The molecule has 198 valence electrons. The number of aromatic nitrogens is 2. The van der Waals surface area contributed by atoms with Gasteiger partial charge in [-0.05, 0) is 45.3 Å². The van der Waals surface area contributed by atoms with Crippen LogP contribution in [-0.4, -0.2) is 76.6 Å². The van der Waals surface area contributed by atoms with Crippen molar-refractivity contribution in [3.8, 4) is 0 Å². The van der Waals surface area contributed by atoms with Gasteiger partial charge in [-0.15, -0.1) is 0 Å². The van der Waals surface area contributed by atoms with Crippen LogP contribution in [0.4, 0.5) is 5.82 Å². The van der Waals surface area contributed by atoms with Gasteiger partial charge in [-0.3, -0.25) is 9.88 Å². The number of hydrogen-bond acceptors (Lipinski definition) is 7. The van der Waals surface area contributed by atoms with Crippen LogP contribution in [0.5, 0.6) is 0 Å². The average molecular weight is 506 g/mol. The molecule has 5 heterocycles. The molecule has 8 nitrogen and oxygen atoms in total. The van der Waals surface area contributed by atoms with Gasteiger partial charge in [0.2, 0.25) is 0 Å². The number of quaternary nitrogens is 1. The van der Waals surface area contributed by atoms with Gasteiger partial charge in [0, 0.05) is 24.7 Å². The molecule has 4 aliphatic rings. The second kappa shape index (κ2) is 10.9. The third-order valence-electron chi connectivity index (χ3n) is 8.75. The van der Waals surface area contributed by atoms with E-state index in [1.54, 1.807) is 6.20 Å². The molecule has 0 N–H and O–H groups in total. The van der Waals surface area contributed by atoms with Gasteiger partial charge in [-0.1, -0.05) is 43.2 Å². The Hall–Kier alpha value is -2.84. The molecule has 1 aromatic heterocycles. The topological polar surface area (TPSA) is 90.7 Å². The maximum atomic E-state index is 14.0. The van der Waals surface area contributed by atoms with Crippen LogP contribution in [0.25, 0.3) is 0 Å². The maximum absolute atomic E-state index is 14.0. The molecule has 0 saturated carbocycles. The van der Waals surface area contributed by atoms with Crippen molar-refractivity contribution in [2.24, 2.45) is 10.9 Å². The zero-order valence-electron chi connectivity index (χ0n) is 22.1. The Morgan fingerprint density at radius 1 is 1.11 bits per heavy atom. The molecule has 0 spiro atoms. The molecule has 0 amide bonds. The second-order valence-electron chi connectivity index (χ2n) is 11.3. The summed E-state index contributed by atoms with van der Waals surface area (Å²) in [6.07, 6.45) is 9.49. The van der Waals surface area contributed by atoms with Crippen LogP contribution in [0.15, 0.2) is 47.7 Å². The minimum atomic E-state index is -0.822. The van der Waals surface area contributed by atoms with E-state index in [0.717, 1.165) is 63.1 Å². The van der Waals surface area contributed by atoms with Gasteiger partial charge < -0.3 is 14.3 Å². The number of benzene rings is 1. The summed E-state index contributed by atoms with van der Waals surface area (Å²) in [5, 5.41) is 12.9. The third-order valence-corrected chi connectivity index (χ3v) is 8.75. The fraction of sp³-hybridized carbons (Fsp3) is 0.586. The highest BCUT2D eigenvalue weighted by molar-refractivity contribution is 5.82. The lowest BCUT2D eigenvalue weighted by Gasteiger charge is -2.53. The second-order valence-corrected chi connectivity index (χ2v) is 11.3. The normalized spacial score (nSPS) is 28.3. The van der Waals surface area contributed by atoms with E-state index in [-0.39, 0.29) is 18.0 Å². The highest BCUT2D eigenvalue weighted by Crippen LogP contribution is 2.38. The molecular weight excluding hydrogens is 466 g/mol. The summed E-state index contributed by atoms with van der Waals surface area (Å²) in [6.45, 7) is 8.49. The van der Waals surface area contributed by atoms with Gasteiger partial charge in [0.15, 0.2) is 11.9 Å². The predicted molar refractivity (Wildman–Crippen MR) is 140 cm³/mol. The lowest BCUT2D eigenvalue weighted by atomic mass is 9.82. The number of fused-ring (bicyclic) bond motifs is 3. The number of esters is 1. The fourth-order valence-corrected chi connectivity index (χ4v) is 6.43. The molecular formula is C29H39N5O3. The van der Waals surface area contributed by atoms with E-state index >= 15 is 0 Å².